The first-order chi connectivity index (χ1) is 15.7. The van der Waals surface area contributed by atoms with Gasteiger partial charge in [-0.2, -0.15) is 22.3 Å². The van der Waals surface area contributed by atoms with Crippen molar-refractivity contribution >= 4 is 11.8 Å². The van der Waals surface area contributed by atoms with Crippen LogP contribution < -0.4 is 15.8 Å². The summed E-state index contributed by atoms with van der Waals surface area (Å²) in [5.41, 5.74) is 1.61. The molecule has 3 rings (SSSR count). The highest BCUT2D eigenvalue weighted by Gasteiger charge is 2.65. The van der Waals surface area contributed by atoms with Crippen LogP contribution in [0.4, 0.5) is 22.0 Å². The van der Waals surface area contributed by atoms with Gasteiger partial charge in [0.25, 0.3) is 11.8 Å². The molecule has 1 fully saturated rings. The molecule has 34 heavy (non-hydrogen) atoms. The van der Waals surface area contributed by atoms with Crippen molar-refractivity contribution in [3.8, 4) is 5.75 Å². The molecule has 0 bridgehead atoms. The SMILES string of the molecule is COc1c([C@@H]2[C@H](C(=O)N=c3ccn(O)c(C(N)=O)c3)O[C@](C)(C(F)(F)F)[C@H]2C)ccc(F)c1F. The standard InChI is InChI=1S/C21H20F5N3O5/c1-9-14(11-4-5-12(22)15(23)16(11)33-3)17(34-20(9,2)21(24,25)26)19(31)28-10-6-7-29(32)13(8-10)18(27)30/h4-9,14,17,32H,1-3H3,(H2,27,30)/t9-,14+,17+,20-/m0/s1. The van der Waals surface area contributed by atoms with Crippen LogP contribution in [0.15, 0.2) is 35.5 Å². The van der Waals surface area contributed by atoms with Gasteiger partial charge in [0.15, 0.2) is 17.2 Å². The van der Waals surface area contributed by atoms with Crippen molar-refractivity contribution in [2.45, 2.75) is 37.6 Å². The van der Waals surface area contributed by atoms with E-state index in [1.807, 2.05) is 0 Å². The maximum Gasteiger partial charge on any atom is 0.417 e. The van der Waals surface area contributed by atoms with Crippen molar-refractivity contribution in [2.75, 3.05) is 7.11 Å². The molecule has 13 heteroatoms. The number of carbonyl (C=O) groups excluding carboxylic acids is 2. The van der Waals surface area contributed by atoms with Crippen molar-refractivity contribution in [3.05, 3.63) is 58.7 Å². The molecule has 0 unspecified atom stereocenters. The van der Waals surface area contributed by atoms with Crippen molar-refractivity contribution < 1.29 is 46.2 Å². The molecule has 2 heterocycles. The van der Waals surface area contributed by atoms with Crippen molar-refractivity contribution in [1.29, 1.82) is 0 Å². The van der Waals surface area contributed by atoms with E-state index in [2.05, 4.69) is 4.99 Å². The molecule has 1 aromatic heterocycles. The molecule has 0 aliphatic carbocycles. The molecule has 0 radical (unpaired) electrons. The number of rotatable bonds is 4. The van der Waals surface area contributed by atoms with Gasteiger partial charge in [0, 0.05) is 23.6 Å². The summed E-state index contributed by atoms with van der Waals surface area (Å²) < 4.78 is 80.4. The van der Waals surface area contributed by atoms with Gasteiger partial charge in [-0.3, -0.25) is 9.59 Å². The molecule has 3 N–H and O–H groups in total. The minimum absolute atomic E-state index is 0.211. The number of aromatic nitrogens is 1. The van der Waals surface area contributed by atoms with Crippen LogP contribution in [-0.4, -0.2) is 46.7 Å². The fraction of sp³-hybridized carbons (Fsp3) is 0.381. The first-order valence-electron chi connectivity index (χ1n) is 9.79. The number of nitrogens with zero attached hydrogens (tertiary/aromatic N) is 2. The molecule has 0 spiro atoms. The number of pyridine rings is 1. The molecular formula is C21H20F5N3O5. The zero-order valence-corrected chi connectivity index (χ0v) is 18.1. The van der Waals surface area contributed by atoms with Crippen LogP contribution >= 0.6 is 0 Å². The summed E-state index contributed by atoms with van der Waals surface area (Å²) in [4.78, 5) is 28.1. The smallest absolute Gasteiger partial charge is 0.417 e. The third-order valence-electron chi connectivity index (χ3n) is 5.97. The first-order valence-corrected chi connectivity index (χ1v) is 9.79. The molecular weight excluding hydrogens is 469 g/mol. The highest BCUT2D eigenvalue weighted by molar-refractivity contribution is 5.91. The van der Waals surface area contributed by atoms with Gasteiger partial charge in [-0.1, -0.05) is 13.0 Å². The second-order valence-electron chi connectivity index (χ2n) is 7.87. The maximum atomic E-state index is 14.4. The molecule has 8 nitrogen and oxygen atoms in total. The Morgan fingerprint density at radius 1 is 1.26 bits per heavy atom. The van der Waals surface area contributed by atoms with E-state index in [9.17, 15) is 36.7 Å². The van der Waals surface area contributed by atoms with Gasteiger partial charge in [0.05, 0.1) is 12.5 Å². The van der Waals surface area contributed by atoms with Gasteiger partial charge in [-0.05, 0) is 25.1 Å². The number of hydrogen-bond acceptors (Lipinski definition) is 5. The summed E-state index contributed by atoms with van der Waals surface area (Å²) in [6, 6.07) is 3.76. The third-order valence-corrected chi connectivity index (χ3v) is 5.97. The van der Waals surface area contributed by atoms with Crippen LogP contribution in [0.25, 0.3) is 0 Å². The summed E-state index contributed by atoms with van der Waals surface area (Å²) in [7, 11) is 1.01. The van der Waals surface area contributed by atoms with Crippen LogP contribution in [0.5, 0.6) is 5.75 Å². The lowest BCUT2D eigenvalue weighted by atomic mass is 9.77. The van der Waals surface area contributed by atoms with Gasteiger partial charge >= 0.3 is 6.18 Å². The lowest BCUT2D eigenvalue weighted by Crippen LogP contribution is -2.47. The number of hydrogen-bond donors (Lipinski definition) is 2. The van der Waals surface area contributed by atoms with Crippen molar-refractivity contribution in [2.24, 2.45) is 16.6 Å². The third kappa shape index (κ3) is 4.11. The Morgan fingerprint density at radius 2 is 1.91 bits per heavy atom. The first kappa shape index (κ1) is 25.1. The number of halogens is 5. The topological polar surface area (TPSA) is 116 Å². The monoisotopic (exact) mass is 489 g/mol. The lowest BCUT2D eigenvalue weighted by Gasteiger charge is -2.32. The Kier molecular flexibility index (Phi) is 6.44. The number of amides is 2. The predicted molar refractivity (Wildman–Crippen MR) is 105 cm³/mol. The van der Waals surface area contributed by atoms with E-state index in [4.69, 9.17) is 15.2 Å². The highest BCUT2D eigenvalue weighted by Crippen LogP contribution is 2.55. The molecule has 2 amide bonds. The normalized spacial score (nSPS) is 25.4. The molecule has 184 valence electrons. The van der Waals surface area contributed by atoms with Crippen LogP contribution in [-0.2, 0) is 9.53 Å². The average molecular weight is 489 g/mol. The quantitative estimate of drug-likeness (QED) is 0.506. The fourth-order valence-electron chi connectivity index (χ4n) is 3.95. The zero-order valence-electron chi connectivity index (χ0n) is 18.1. The van der Waals surface area contributed by atoms with Crippen molar-refractivity contribution in [1.82, 2.24) is 4.73 Å². The molecule has 0 saturated carbocycles. The molecule has 1 aliphatic rings. The Labute approximate surface area is 189 Å². The van der Waals surface area contributed by atoms with E-state index in [1.165, 1.54) is 0 Å². The van der Waals surface area contributed by atoms with E-state index in [0.717, 1.165) is 45.4 Å². The van der Waals surface area contributed by atoms with E-state index in [0.29, 0.717) is 10.8 Å². The van der Waals surface area contributed by atoms with Gasteiger partial charge in [0.1, 0.15) is 11.8 Å². The van der Waals surface area contributed by atoms with E-state index >= 15 is 0 Å². The van der Waals surface area contributed by atoms with E-state index in [-0.39, 0.29) is 10.9 Å². The van der Waals surface area contributed by atoms with Crippen LogP contribution in [0.2, 0.25) is 0 Å². The number of benzene rings is 1. The second kappa shape index (κ2) is 8.70. The lowest BCUT2D eigenvalue weighted by molar-refractivity contribution is -0.272. The Bertz CT molecular complexity index is 1210. The number of carbonyl (C=O) groups is 2. The average Bonchev–Trinajstić information content (AvgIpc) is 3.03. The zero-order chi connectivity index (χ0) is 25.6. The maximum absolute atomic E-state index is 14.4. The summed E-state index contributed by atoms with van der Waals surface area (Å²) >= 11 is 0. The highest BCUT2D eigenvalue weighted by atomic mass is 19.4. The van der Waals surface area contributed by atoms with Gasteiger partial charge in [-0.25, -0.2) is 9.38 Å². The van der Waals surface area contributed by atoms with Crippen LogP contribution in [0, 0.1) is 17.6 Å². The van der Waals surface area contributed by atoms with E-state index < -0.39 is 64.6 Å². The number of alkyl halides is 3. The Balaban J connectivity index is 2.18. The largest absolute Gasteiger partial charge is 0.493 e. The van der Waals surface area contributed by atoms with Gasteiger partial charge < -0.3 is 20.4 Å². The second-order valence-corrected chi connectivity index (χ2v) is 7.87. The Hall–Kier alpha value is -3.48. The van der Waals surface area contributed by atoms with Gasteiger partial charge in [-0.15, -0.1) is 0 Å². The molecule has 1 aliphatic heterocycles. The van der Waals surface area contributed by atoms with Crippen molar-refractivity contribution in [3.63, 3.8) is 0 Å². The molecule has 4 atom stereocenters. The molecule has 1 saturated heterocycles. The predicted octanol–water partition coefficient (Wildman–Crippen LogP) is 2.68. The van der Waals surface area contributed by atoms with Crippen LogP contribution in [0.3, 0.4) is 0 Å². The minimum atomic E-state index is -4.93. The Morgan fingerprint density at radius 3 is 2.47 bits per heavy atom. The summed E-state index contributed by atoms with van der Waals surface area (Å²) in [6.45, 7) is 1.90. The summed E-state index contributed by atoms with van der Waals surface area (Å²) in [6.07, 6.45) is -5.86. The van der Waals surface area contributed by atoms with E-state index in [1.54, 1.807) is 0 Å². The number of primary amides is 1. The van der Waals surface area contributed by atoms with Gasteiger partial charge in [0.2, 0.25) is 5.82 Å². The number of nitrogens with two attached hydrogens (primary N) is 1. The van der Waals surface area contributed by atoms with Crippen LogP contribution in [0.1, 0.15) is 35.8 Å². The molecule has 2 aromatic rings. The molecule has 1 aromatic carbocycles. The number of ether oxygens (including phenoxy) is 2. The number of methoxy groups -OCH3 is 1. The summed E-state index contributed by atoms with van der Waals surface area (Å²) in [5.74, 6) is -8.53. The summed E-state index contributed by atoms with van der Waals surface area (Å²) in [5, 5.41) is 9.39. The minimum Gasteiger partial charge on any atom is -0.493 e. The fourth-order valence-corrected chi connectivity index (χ4v) is 3.95.